The van der Waals surface area contributed by atoms with Gasteiger partial charge in [0.1, 0.15) is 0 Å². The van der Waals surface area contributed by atoms with Gasteiger partial charge in [0.05, 0.1) is 11.8 Å². The predicted octanol–water partition coefficient (Wildman–Crippen LogP) is 4.20. The van der Waals surface area contributed by atoms with Crippen molar-refractivity contribution in [1.82, 2.24) is 0 Å². The fraction of sp³-hybridized carbons (Fsp3) is 0.0833. The number of carbonyl (C=O) groups is 1. The van der Waals surface area contributed by atoms with Gasteiger partial charge in [0.25, 0.3) is 5.91 Å². The van der Waals surface area contributed by atoms with Gasteiger partial charge in [-0.3, -0.25) is 4.79 Å². The van der Waals surface area contributed by atoms with E-state index in [2.05, 4.69) is 5.32 Å². The van der Waals surface area contributed by atoms with E-state index < -0.39 is 17.6 Å². The van der Waals surface area contributed by atoms with Crippen molar-refractivity contribution in [3.05, 3.63) is 52.9 Å². The molecule has 0 saturated heterocycles. The molecule has 19 heavy (non-hydrogen) atoms. The van der Waals surface area contributed by atoms with Crippen molar-refractivity contribution in [2.45, 2.75) is 6.18 Å². The minimum Gasteiger partial charge on any atom is -0.459 e. The molecule has 2 aromatic rings. The monoisotopic (exact) mass is 289 g/mol. The topological polar surface area (TPSA) is 42.2 Å². The third-order valence-electron chi connectivity index (χ3n) is 2.23. The molecule has 0 saturated carbocycles. The molecule has 0 radical (unpaired) electrons. The fourth-order valence-electron chi connectivity index (χ4n) is 1.43. The van der Waals surface area contributed by atoms with E-state index in [0.717, 1.165) is 12.1 Å². The van der Waals surface area contributed by atoms with E-state index in [-0.39, 0.29) is 16.5 Å². The predicted molar refractivity (Wildman–Crippen MR) is 63.1 cm³/mol. The van der Waals surface area contributed by atoms with Crippen LogP contribution in [0.1, 0.15) is 16.1 Å². The molecule has 2 rings (SSSR count). The highest BCUT2D eigenvalue weighted by Gasteiger charge is 2.31. The number of nitrogens with one attached hydrogen (secondary N) is 1. The van der Waals surface area contributed by atoms with Crippen LogP contribution in [0.5, 0.6) is 0 Å². The Kier molecular flexibility index (Phi) is 3.53. The van der Waals surface area contributed by atoms with Gasteiger partial charge >= 0.3 is 6.18 Å². The summed E-state index contributed by atoms with van der Waals surface area (Å²) in [7, 11) is 0. The summed E-state index contributed by atoms with van der Waals surface area (Å²) in [6, 6.07) is 5.69. The second kappa shape index (κ2) is 4.97. The minimum absolute atomic E-state index is 0.00599. The molecule has 0 atom stereocenters. The summed E-state index contributed by atoms with van der Waals surface area (Å²) in [6.07, 6.45) is -3.25. The first kappa shape index (κ1) is 13.5. The van der Waals surface area contributed by atoms with Gasteiger partial charge in [-0.1, -0.05) is 11.6 Å². The quantitative estimate of drug-likeness (QED) is 0.900. The van der Waals surface area contributed by atoms with Gasteiger partial charge in [-0.15, -0.1) is 0 Å². The normalized spacial score (nSPS) is 11.4. The van der Waals surface area contributed by atoms with Crippen molar-refractivity contribution >= 4 is 23.2 Å². The maximum Gasteiger partial charge on any atom is 0.416 e. The van der Waals surface area contributed by atoms with Crippen LogP contribution in [0.4, 0.5) is 18.9 Å². The largest absolute Gasteiger partial charge is 0.459 e. The molecule has 100 valence electrons. The summed E-state index contributed by atoms with van der Waals surface area (Å²) in [6.45, 7) is 0. The lowest BCUT2D eigenvalue weighted by molar-refractivity contribution is -0.137. The summed E-state index contributed by atoms with van der Waals surface area (Å²) in [5, 5.41) is 2.16. The Bertz CT molecular complexity index is 594. The van der Waals surface area contributed by atoms with Crippen LogP contribution in [0.2, 0.25) is 5.02 Å². The molecule has 1 aromatic carbocycles. The second-order valence-corrected chi connectivity index (χ2v) is 4.09. The molecule has 0 fully saturated rings. The summed E-state index contributed by atoms with van der Waals surface area (Å²) in [5.41, 5.74) is -0.990. The highest BCUT2D eigenvalue weighted by Crippen LogP contribution is 2.33. The van der Waals surface area contributed by atoms with Gasteiger partial charge in [-0.05, 0) is 30.3 Å². The Morgan fingerprint density at radius 2 is 2.00 bits per heavy atom. The molecule has 3 nitrogen and oxygen atoms in total. The van der Waals surface area contributed by atoms with Crippen LogP contribution in [-0.2, 0) is 6.18 Å². The molecule has 1 aromatic heterocycles. The number of alkyl halides is 3. The Morgan fingerprint density at radius 3 is 2.58 bits per heavy atom. The molecule has 7 heteroatoms. The number of anilines is 1. The first-order chi connectivity index (χ1) is 8.86. The van der Waals surface area contributed by atoms with E-state index in [0.29, 0.717) is 0 Å². The standard InChI is InChI=1S/C12H7ClF3NO2/c13-8-4-7(12(14,15)16)5-9(6-8)17-11(18)10-2-1-3-19-10/h1-6H,(H,17,18). The van der Waals surface area contributed by atoms with Crippen molar-refractivity contribution in [3.63, 3.8) is 0 Å². The van der Waals surface area contributed by atoms with E-state index >= 15 is 0 Å². The summed E-state index contributed by atoms with van der Waals surface area (Å²) < 4.78 is 42.5. The first-order valence-corrected chi connectivity index (χ1v) is 5.47. The van der Waals surface area contributed by atoms with Crippen molar-refractivity contribution in [2.24, 2.45) is 0 Å². The zero-order valence-electron chi connectivity index (χ0n) is 9.29. The number of rotatable bonds is 2. The lowest BCUT2D eigenvalue weighted by Crippen LogP contribution is -2.12. The molecule has 0 aliphatic rings. The highest BCUT2D eigenvalue weighted by molar-refractivity contribution is 6.31. The number of hydrogen-bond donors (Lipinski definition) is 1. The third kappa shape index (κ3) is 3.29. The SMILES string of the molecule is O=C(Nc1cc(Cl)cc(C(F)(F)F)c1)c1ccco1. The van der Waals surface area contributed by atoms with Crippen LogP contribution >= 0.6 is 11.6 Å². The third-order valence-corrected chi connectivity index (χ3v) is 2.45. The van der Waals surface area contributed by atoms with Crippen LogP contribution in [0.3, 0.4) is 0 Å². The average Bonchev–Trinajstić information content (AvgIpc) is 2.80. The molecule has 0 spiro atoms. The molecule has 0 bridgehead atoms. The highest BCUT2D eigenvalue weighted by atomic mass is 35.5. The lowest BCUT2D eigenvalue weighted by Gasteiger charge is -2.10. The van der Waals surface area contributed by atoms with Crippen LogP contribution in [0.15, 0.2) is 41.0 Å². The van der Waals surface area contributed by atoms with Crippen LogP contribution in [0, 0.1) is 0 Å². The van der Waals surface area contributed by atoms with Crippen molar-refractivity contribution < 1.29 is 22.4 Å². The maximum atomic E-state index is 12.6. The van der Waals surface area contributed by atoms with E-state index in [1.807, 2.05) is 0 Å². The van der Waals surface area contributed by atoms with Gasteiger partial charge < -0.3 is 9.73 Å². The Labute approximate surface area is 111 Å². The smallest absolute Gasteiger partial charge is 0.416 e. The van der Waals surface area contributed by atoms with Gasteiger partial charge in [-0.25, -0.2) is 0 Å². The molecular formula is C12H7ClF3NO2. The van der Waals surface area contributed by atoms with E-state index in [9.17, 15) is 18.0 Å². The van der Waals surface area contributed by atoms with Gasteiger partial charge in [0.2, 0.25) is 0 Å². The average molecular weight is 290 g/mol. The number of hydrogen-bond acceptors (Lipinski definition) is 2. The molecule has 0 aliphatic carbocycles. The van der Waals surface area contributed by atoms with Gasteiger partial charge in [0, 0.05) is 10.7 Å². The summed E-state index contributed by atoms with van der Waals surface area (Å²) in [5.74, 6) is -0.658. The second-order valence-electron chi connectivity index (χ2n) is 3.66. The lowest BCUT2D eigenvalue weighted by atomic mass is 10.2. The fourth-order valence-corrected chi connectivity index (χ4v) is 1.66. The number of furan rings is 1. The molecular weight excluding hydrogens is 283 g/mol. The zero-order valence-corrected chi connectivity index (χ0v) is 10.0. The summed E-state index contributed by atoms with van der Waals surface area (Å²) >= 11 is 5.59. The van der Waals surface area contributed by atoms with Gasteiger partial charge in [0.15, 0.2) is 5.76 Å². The summed E-state index contributed by atoms with van der Waals surface area (Å²) in [4.78, 5) is 11.6. The van der Waals surface area contributed by atoms with E-state index in [4.69, 9.17) is 16.0 Å². The van der Waals surface area contributed by atoms with Crippen molar-refractivity contribution in [3.8, 4) is 0 Å². The van der Waals surface area contributed by atoms with Crippen molar-refractivity contribution in [1.29, 1.82) is 0 Å². The van der Waals surface area contributed by atoms with Crippen molar-refractivity contribution in [2.75, 3.05) is 5.32 Å². The number of amides is 1. The van der Waals surface area contributed by atoms with Crippen LogP contribution in [0.25, 0.3) is 0 Å². The molecule has 1 amide bonds. The minimum atomic E-state index is -4.53. The Balaban J connectivity index is 2.26. The van der Waals surface area contributed by atoms with E-state index in [1.165, 1.54) is 24.5 Å². The van der Waals surface area contributed by atoms with Crippen LogP contribution in [-0.4, -0.2) is 5.91 Å². The Morgan fingerprint density at radius 1 is 1.26 bits per heavy atom. The molecule has 1 N–H and O–H groups in total. The van der Waals surface area contributed by atoms with Crippen LogP contribution < -0.4 is 5.32 Å². The zero-order chi connectivity index (χ0) is 14.0. The molecule has 0 unspecified atom stereocenters. The first-order valence-electron chi connectivity index (χ1n) is 5.09. The molecule has 0 aliphatic heterocycles. The number of halogens is 4. The number of benzene rings is 1. The van der Waals surface area contributed by atoms with Gasteiger partial charge in [-0.2, -0.15) is 13.2 Å². The van der Waals surface area contributed by atoms with E-state index in [1.54, 1.807) is 0 Å². The molecule has 1 heterocycles. The number of carbonyl (C=O) groups excluding carboxylic acids is 1. The maximum absolute atomic E-state index is 12.6. The Hall–Kier alpha value is -1.95.